The molecule has 19 heavy (non-hydrogen) atoms. The lowest BCUT2D eigenvalue weighted by atomic mass is 9.96. The Hall–Kier alpha value is -1.63. The van der Waals surface area contributed by atoms with Crippen LogP contribution in [0.2, 0.25) is 0 Å². The molecule has 1 fully saturated rings. The van der Waals surface area contributed by atoms with E-state index in [9.17, 15) is 4.79 Å². The molecule has 2 aromatic rings. The van der Waals surface area contributed by atoms with Gasteiger partial charge in [-0.15, -0.1) is 5.10 Å². The van der Waals surface area contributed by atoms with Crippen molar-refractivity contribution in [2.24, 2.45) is 5.92 Å². The Labute approximate surface area is 115 Å². The quantitative estimate of drug-likeness (QED) is 0.893. The number of hydrogen-bond acceptors (Lipinski definition) is 5. The first-order chi connectivity index (χ1) is 9.17. The molecule has 102 valence electrons. The van der Waals surface area contributed by atoms with Crippen LogP contribution >= 0.6 is 11.3 Å². The number of nitrogens with one attached hydrogen (secondary N) is 1. The number of imidazole rings is 1. The van der Waals surface area contributed by atoms with E-state index >= 15 is 0 Å². The summed E-state index contributed by atoms with van der Waals surface area (Å²) in [6.07, 6.45) is 3.72. The third-order valence-corrected chi connectivity index (χ3v) is 4.52. The number of rotatable bonds is 2. The number of amides is 1. The van der Waals surface area contributed by atoms with Crippen LogP contribution in [0, 0.1) is 12.8 Å². The molecule has 0 bridgehead atoms. The van der Waals surface area contributed by atoms with E-state index in [0.717, 1.165) is 41.7 Å². The number of carbonyl (C=O) groups is 1. The van der Waals surface area contributed by atoms with E-state index < -0.39 is 0 Å². The van der Waals surface area contributed by atoms with Gasteiger partial charge in [-0.25, -0.2) is 9.50 Å². The van der Waals surface area contributed by atoms with Gasteiger partial charge in [-0.05, 0) is 19.8 Å². The van der Waals surface area contributed by atoms with Crippen LogP contribution in [0.4, 0.5) is 5.13 Å². The van der Waals surface area contributed by atoms with E-state index in [-0.39, 0.29) is 11.8 Å². The highest BCUT2D eigenvalue weighted by atomic mass is 32.1. The van der Waals surface area contributed by atoms with Gasteiger partial charge in [0.2, 0.25) is 16.0 Å². The normalized spacial score (nSPS) is 17.1. The molecule has 1 N–H and O–H groups in total. The molecule has 0 aromatic carbocycles. The average Bonchev–Trinajstić information content (AvgIpc) is 2.95. The van der Waals surface area contributed by atoms with Gasteiger partial charge < -0.3 is 10.2 Å². The second-order valence-electron chi connectivity index (χ2n) is 4.87. The maximum absolute atomic E-state index is 11.6. The Morgan fingerprint density at radius 2 is 2.21 bits per heavy atom. The minimum Gasteiger partial charge on any atom is -0.359 e. The summed E-state index contributed by atoms with van der Waals surface area (Å²) >= 11 is 1.61. The van der Waals surface area contributed by atoms with Crippen molar-refractivity contribution in [3.05, 3.63) is 11.9 Å². The lowest BCUT2D eigenvalue weighted by molar-refractivity contribution is -0.125. The Balaban J connectivity index is 1.70. The number of aryl methyl sites for hydroxylation is 1. The molecule has 0 aliphatic carbocycles. The van der Waals surface area contributed by atoms with Crippen LogP contribution in [0.25, 0.3) is 4.96 Å². The highest BCUT2D eigenvalue weighted by Crippen LogP contribution is 2.27. The van der Waals surface area contributed by atoms with Crippen LogP contribution in [0.5, 0.6) is 0 Å². The van der Waals surface area contributed by atoms with Crippen molar-refractivity contribution < 1.29 is 4.79 Å². The van der Waals surface area contributed by atoms with Crippen LogP contribution in [0.1, 0.15) is 18.5 Å². The molecule has 0 saturated carbocycles. The van der Waals surface area contributed by atoms with E-state index in [1.54, 1.807) is 18.4 Å². The molecule has 0 atom stereocenters. The van der Waals surface area contributed by atoms with Crippen molar-refractivity contribution in [2.75, 3.05) is 25.0 Å². The Morgan fingerprint density at radius 1 is 1.47 bits per heavy atom. The van der Waals surface area contributed by atoms with E-state index in [2.05, 4.69) is 20.3 Å². The summed E-state index contributed by atoms with van der Waals surface area (Å²) < 4.78 is 1.83. The molecule has 2 aromatic heterocycles. The van der Waals surface area contributed by atoms with Crippen molar-refractivity contribution in [2.45, 2.75) is 19.8 Å². The Morgan fingerprint density at radius 3 is 2.84 bits per heavy atom. The van der Waals surface area contributed by atoms with Gasteiger partial charge in [0.1, 0.15) is 0 Å². The molecule has 1 saturated heterocycles. The first-order valence-corrected chi connectivity index (χ1v) is 7.28. The van der Waals surface area contributed by atoms with Gasteiger partial charge >= 0.3 is 0 Å². The zero-order valence-electron chi connectivity index (χ0n) is 11.1. The number of aromatic nitrogens is 3. The van der Waals surface area contributed by atoms with Gasteiger partial charge in [-0.1, -0.05) is 11.3 Å². The minimum atomic E-state index is 0.146. The smallest absolute Gasteiger partial charge is 0.222 e. The number of hydrogen-bond donors (Lipinski definition) is 1. The van der Waals surface area contributed by atoms with Gasteiger partial charge in [0.05, 0.1) is 11.9 Å². The Bertz CT molecular complexity index is 565. The molecular weight excluding hydrogens is 262 g/mol. The predicted molar refractivity (Wildman–Crippen MR) is 74.6 cm³/mol. The van der Waals surface area contributed by atoms with Crippen LogP contribution in [-0.4, -0.2) is 40.6 Å². The molecule has 1 aliphatic rings. The fourth-order valence-electron chi connectivity index (χ4n) is 2.46. The molecular formula is C12H17N5OS. The van der Waals surface area contributed by atoms with Gasteiger partial charge in [-0.2, -0.15) is 0 Å². The lowest BCUT2D eigenvalue weighted by Crippen LogP contribution is -2.39. The SMILES string of the molecule is CNC(=O)C1CCN(c2nn3cc(C)nc3s2)CC1. The number of carbonyl (C=O) groups excluding carboxylic acids is 1. The highest BCUT2D eigenvalue weighted by Gasteiger charge is 2.26. The van der Waals surface area contributed by atoms with Crippen LogP contribution in [-0.2, 0) is 4.79 Å². The fourth-order valence-corrected chi connectivity index (χ4v) is 3.44. The van der Waals surface area contributed by atoms with Crippen molar-refractivity contribution in [3.8, 4) is 0 Å². The van der Waals surface area contributed by atoms with Gasteiger partial charge in [-0.3, -0.25) is 4.79 Å². The van der Waals surface area contributed by atoms with E-state index in [4.69, 9.17) is 0 Å². The number of fused-ring (bicyclic) bond motifs is 1. The third kappa shape index (κ3) is 2.30. The van der Waals surface area contributed by atoms with E-state index in [0.29, 0.717) is 0 Å². The van der Waals surface area contributed by atoms with Gasteiger partial charge in [0.15, 0.2) is 0 Å². The summed E-state index contributed by atoms with van der Waals surface area (Å²) in [7, 11) is 1.70. The van der Waals surface area contributed by atoms with Gasteiger partial charge in [0, 0.05) is 26.1 Å². The predicted octanol–water partition coefficient (Wildman–Crippen LogP) is 1.06. The minimum absolute atomic E-state index is 0.146. The second kappa shape index (κ2) is 4.80. The topological polar surface area (TPSA) is 62.5 Å². The van der Waals surface area contributed by atoms with Crippen molar-refractivity contribution in [3.63, 3.8) is 0 Å². The largest absolute Gasteiger partial charge is 0.359 e. The van der Waals surface area contributed by atoms with Crippen LogP contribution in [0.3, 0.4) is 0 Å². The van der Waals surface area contributed by atoms with Crippen LogP contribution < -0.4 is 10.2 Å². The molecule has 1 aliphatic heterocycles. The maximum atomic E-state index is 11.6. The molecule has 0 radical (unpaired) electrons. The first kappa shape index (κ1) is 12.4. The lowest BCUT2D eigenvalue weighted by Gasteiger charge is -2.30. The molecule has 0 spiro atoms. The zero-order chi connectivity index (χ0) is 13.4. The number of nitrogens with zero attached hydrogens (tertiary/aromatic N) is 4. The third-order valence-electron chi connectivity index (χ3n) is 3.54. The van der Waals surface area contributed by atoms with Crippen molar-refractivity contribution in [1.82, 2.24) is 19.9 Å². The number of piperidine rings is 1. The summed E-state index contributed by atoms with van der Waals surface area (Å²) in [6, 6.07) is 0. The molecule has 6 nitrogen and oxygen atoms in total. The molecule has 7 heteroatoms. The first-order valence-electron chi connectivity index (χ1n) is 6.46. The standard InChI is InChI=1S/C12H17N5OS/c1-8-7-17-11(14-8)19-12(15-17)16-5-3-9(4-6-16)10(18)13-2/h7,9H,3-6H2,1-2H3,(H,13,18). The summed E-state index contributed by atoms with van der Waals surface area (Å²) in [5.74, 6) is 0.303. The molecule has 3 heterocycles. The second-order valence-corrected chi connectivity index (χ2v) is 5.80. The summed E-state index contributed by atoms with van der Waals surface area (Å²) in [4.78, 5) is 19.2. The summed E-state index contributed by atoms with van der Waals surface area (Å²) in [5, 5.41) is 8.27. The monoisotopic (exact) mass is 279 g/mol. The summed E-state index contributed by atoms with van der Waals surface area (Å²) in [5.41, 5.74) is 0.989. The fraction of sp³-hybridized carbons (Fsp3) is 0.583. The summed E-state index contributed by atoms with van der Waals surface area (Å²) in [6.45, 7) is 3.73. The zero-order valence-corrected chi connectivity index (χ0v) is 11.9. The highest BCUT2D eigenvalue weighted by molar-refractivity contribution is 7.20. The van der Waals surface area contributed by atoms with Crippen LogP contribution in [0.15, 0.2) is 6.20 Å². The Kier molecular flexibility index (Phi) is 3.14. The van der Waals surface area contributed by atoms with Crippen molar-refractivity contribution in [1.29, 1.82) is 0 Å². The van der Waals surface area contributed by atoms with E-state index in [1.165, 1.54) is 0 Å². The van der Waals surface area contributed by atoms with Crippen molar-refractivity contribution >= 4 is 27.3 Å². The van der Waals surface area contributed by atoms with Gasteiger partial charge in [0.25, 0.3) is 0 Å². The number of anilines is 1. The molecule has 3 rings (SSSR count). The van der Waals surface area contributed by atoms with E-state index in [1.807, 2.05) is 17.6 Å². The average molecular weight is 279 g/mol. The molecule has 0 unspecified atom stereocenters. The maximum Gasteiger partial charge on any atom is 0.222 e. The molecule has 1 amide bonds.